The highest BCUT2D eigenvalue weighted by atomic mass is 32.2. The quantitative estimate of drug-likeness (QED) is 0.466. The first-order valence-electron chi connectivity index (χ1n) is 9.59. The second-order valence-corrected chi connectivity index (χ2v) is 9.01. The maximum Gasteiger partial charge on any atom is 0.239 e. The lowest BCUT2D eigenvalue weighted by Gasteiger charge is -2.21. The van der Waals surface area contributed by atoms with Crippen molar-refractivity contribution in [3.05, 3.63) is 54.1 Å². The van der Waals surface area contributed by atoms with Crippen LogP contribution in [0.5, 0.6) is 0 Å². The van der Waals surface area contributed by atoms with Gasteiger partial charge in [0.05, 0.1) is 16.0 Å². The first-order valence-corrected chi connectivity index (χ1v) is 11.4. The zero-order valence-corrected chi connectivity index (χ0v) is 18.4. The Hall–Kier alpha value is -1.89. The molecule has 0 aliphatic carbocycles. The second kappa shape index (κ2) is 10.0. The van der Waals surface area contributed by atoms with Crippen LogP contribution in [0, 0.1) is 0 Å². The fourth-order valence-corrected chi connectivity index (χ4v) is 4.77. The molecule has 0 unspecified atom stereocenters. The maximum absolute atomic E-state index is 13.1. The van der Waals surface area contributed by atoms with Crippen molar-refractivity contribution >= 4 is 44.4 Å². The van der Waals surface area contributed by atoms with E-state index in [2.05, 4.69) is 44.1 Å². The molecule has 3 aromatic rings. The summed E-state index contributed by atoms with van der Waals surface area (Å²) in [7, 11) is 4.11. The molecule has 0 spiro atoms. The van der Waals surface area contributed by atoms with E-state index in [1.807, 2.05) is 35.2 Å². The summed E-state index contributed by atoms with van der Waals surface area (Å²) >= 11 is 3.19. The molecule has 2 aromatic carbocycles. The van der Waals surface area contributed by atoms with E-state index in [0.29, 0.717) is 12.3 Å². The van der Waals surface area contributed by atoms with E-state index in [-0.39, 0.29) is 5.91 Å². The number of aryl methyl sites for hydroxylation is 1. The molecule has 0 atom stereocenters. The molecule has 0 radical (unpaired) electrons. The molecule has 0 N–H and O–H groups in total. The SMILES string of the molecule is CCc1ccc2nc(N(CCCN(C)C)C(=O)CSc3ccccc3)sc2c1. The number of nitrogens with zero attached hydrogens (tertiary/aromatic N) is 3. The van der Waals surface area contributed by atoms with Crippen LogP contribution in [0.2, 0.25) is 0 Å². The van der Waals surface area contributed by atoms with Crippen molar-refractivity contribution in [3.63, 3.8) is 0 Å². The lowest BCUT2D eigenvalue weighted by atomic mass is 10.2. The Morgan fingerprint density at radius 3 is 2.61 bits per heavy atom. The fraction of sp³-hybridized carbons (Fsp3) is 0.364. The first kappa shape index (κ1) is 20.8. The minimum Gasteiger partial charge on any atom is -0.309 e. The van der Waals surface area contributed by atoms with Gasteiger partial charge in [0, 0.05) is 11.4 Å². The molecule has 4 nitrogen and oxygen atoms in total. The summed E-state index contributed by atoms with van der Waals surface area (Å²) in [5.74, 6) is 0.532. The van der Waals surface area contributed by atoms with Crippen LogP contribution in [0.3, 0.4) is 0 Å². The van der Waals surface area contributed by atoms with Gasteiger partial charge in [0.1, 0.15) is 0 Å². The number of anilines is 1. The molecule has 6 heteroatoms. The number of hydrogen-bond donors (Lipinski definition) is 0. The Morgan fingerprint density at radius 2 is 1.89 bits per heavy atom. The monoisotopic (exact) mass is 413 g/mol. The number of benzene rings is 2. The topological polar surface area (TPSA) is 36.4 Å². The Bertz CT molecular complexity index is 909. The molecule has 0 aliphatic heterocycles. The number of aromatic nitrogens is 1. The van der Waals surface area contributed by atoms with Crippen LogP contribution < -0.4 is 4.90 Å². The number of amides is 1. The number of hydrogen-bond acceptors (Lipinski definition) is 5. The van der Waals surface area contributed by atoms with E-state index >= 15 is 0 Å². The van der Waals surface area contributed by atoms with Crippen LogP contribution in [0.1, 0.15) is 18.9 Å². The number of carbonyl (C=O) groups excluding carboxylic acids is 1. The van der Waals surface area contributed by atoms with E-state index in [9.17, 15) is 4.79 Å². The Balaban J connectivity index is 1.78. The van der Waals surface area contributed by atoms with Crippen molar-refractivity contribution in [2.45, 2.75) is 24.7 Å². The summed E-state index contributed by atoms with van der Waals surface area (Å²) in [5, 5.41) is 0.806. The molecule has 1 amide bonds. The van der Waals surface area contributed by atoms with Crippen LogP contribution in [0.15, 0.2) is 53.4 Å². The van der Waals surface area contributed by atoms with Crippen molar-refractivity contribution in [1.82, 2.24) is 9.88 Å². The zero-order valence-electron chi connectivity index (χ0n) is 16.7. The second-order valence-electron chi connectivity index (χ2n) is 6.96. The number of carbonyl (C=O) groups is 1. The molecular formula is C22H27N3OS2. The normalized spacial score (nSPS) is 11.3. The highest BCUT2D eigenvalue weighted by molar-refractivity contribution is 8.00. The largest absolute Gasteiger partial charge is 0.309 e. The van der Waals surface area contributed by atoms with Gasteiger partial charge in [-0.15, -0.1) is 11.8 Å². The maximum atomic E-state index is 13.1. The van der Waals surface area contributed by atoms with Crippen LogP contribution in [0.25, 0.3) is 10.2 Å². The van der Waals surface area contributed by atoms with Gasteiger partial charge in [-0.05, 0) is 63.3 Å². The summed E-state index contributed by atoms with van der Waals surface area (Å²) in [6, 6.07) is 16.4. The highest BCUT2D eigenvalue weighted by Gasteiger charge is 2.20. The molecular weight excluding hydrogens is 386 g/mol. The summed E-state index contributed by atoms with van der Waals surface area (Å²) in [5.41, 5.74) is 2.27. The lowest BCUT2D eigenvalue weighted by Crippen LogP contribution is -2.34. The van der Waals surface area contributed by atoms with Crippen LogP contribution in [-0.4, -0.2) is 48.7 Å². The third-order valence-electron chi connectivity index (χ3n) is 4.47. The first-order chi connectivity index (χ1) is 13.6. The van der Waals surface area contributed by atoms with Gasteiger partial charge in [-0.1, -0.05) is 42.5 Å². The van der Waals surface area contributed by atoms with Crippen LogP contribution in [-0.2, 0) is 11.2 Å². The third-order valence-corrected chi connectivity index (χ3v) is 6.51. The number of fused-ring (bicyclic) bond motifs is 1. The van der Waals surface area contributed by atoms with Gasteiger partial charge in [0.2, 0.25) is 5.91 Å². The van der Waals surface area contributed by atoms with Gasteiger partial charge in [-0.25, -0.2) is 4.98 Å². The molecule has 0 saturated carbocycles. The van der Waals surface area contributed by atoms with Gasteiger partial charge < -0.3 is 4.90 Å². The smallest absolute Gasteiger partial charge is 0.239 e. The lowest BCUT2D eigenvalue weighted by molar-refractivity contribution is -0.116. The number of rotatable bonds is 9. The van der Waals surface area contributed by atoms with E-state index in [1.165, 1.54) is 5.56 Å². The molecule has 0 aliphatic rings. The van der Waals surface area contributed by atoms with Gasteiger partial charge in [-0.2, -0.15) is 0 Å². The van der Waals surface area contributed by atoms with Gasteiger partial charge in [0.15, 0.2) is 5.13 Å². The Morgan fingerprint density at radius 1 is 1.11 bits per heavy atom. The average Bonchev–Trinajstić information content (AvgIpc) is 3.12. The average molecular weight is 414 g/mol. The van der Waals surface area contributed by atoms with E-state index in [1.54, 1.807) is 23.1 Å². The molecule has 0 bridgehead atoms. The minimum absolute atomic E-state index is 0.113. The van der Waals surface area contributed by atoms with Crippen molar-refractivity contribution in [2.24, 2.45) is 0 Å². The molecule has 148 valence electrons. The van der Waals surface area contributed by atoms with Crippen molar-refractivity contribution < 1.29 is 4.79 Å². The Kier molecular flexibility index (Phi) is 7.48. The number of thioether (sulfide) groups is 1. The highest BCUT2D eigenvalue weighted by Crippen LogP contribution is 2.31. The predicted octanol–water partition coefficient (Wildman–Crippen LogP) is 4.94. The van der Waals surface area contributed by atoms with Gasteiger partial charge >= 0.3 is 0 Å². The van der Waals surface area contributed by atoms with E-state index in [4.69, 9.17) is 4.98 Å². The predicted molar refractivity (Wildman–Crippen MR) is 122 cm³/mol. The molecule has 28 heavy (non-hydrogen) atoms. The van der Waals surface area contributed by atoms with Gasteiger partial charge in [-0.3, -0.25) is 9.69 Å². The summed E-state index contributed by atoms with van der Waals surface area (Å²) in [6.07, 6.45) is 1.92. The van der Waals surface area contributed by atoms with Crippen molar-refractivity contribution in [1.29, 1.82) is 0 Å². The van der Waals surface area contributed by atoms with Crippen LogP contribution in [0.4, 0.5) is 5.13 Å². The standard InChI is InChI=1S/C22H27N3OS2/c1-4-17-11-12-19-20(15-17)28-22(23-19)25(14-8-13-24(2)3)21(26)16-27-18-9-6-5-7-10-18/h5-7,9-12,15H,4,8,13-14,16H2,1-3H3. The molecule has 0 saturated heterocycles. The van der Waals surface area contributed by atoms with Gasteiger partial charge in [0.25, 0.3) is 0 Å². The third kappa shape index (κ3) is 5.56. The minimum atomic E-state index is 0.113. The zero-order chi connectivity index (χ0) is 19.9. The number of thiazole rings is 1. The van der Waals surface area contributed by atoms with E-state index in [0.717, 1.165) is 39.6 Å². The fourth-order valence-electron chi connectivity index (χ4n) is 2.90. The van der Waals surface area contributed by atoms with E-state index < -0.39 is 0 Å². The van der Waals surface area contributed by atoms with Crippen molar-refractivity contribution in [3.8, 4) is 0 Å². The molecule has 1 aromatic heterocycles. The summed E-state index contributed by atoms with van der Waals surface area (Å²) < 4.78 is 1.15. The molecule has 3 rings (SSSR count). The van der Waals surface area contributed by atoms with Crippen LogP contribution >= 0.6 is 23.1 Å². The summed E-state index contributed by atoms with van der Waals surface area (Å²) in [6.45, 7) is 3.79. The molecule has 1 heterocycles. The van der Waals surface area contributed by atoms with Crippen molar-refractivity contribution in [2.75, 3.05) is 37.8 Å². The summed E-state index contributed by atoms with van der Waals surface area (Å²) in [4.78, 5) is 22.9. The molecule has 0 fully saturated rings. The Labute approximate surface area is 175 Å².